The Kier molecular flexibility index (Phi) is 2.94. The number of carboxylic acids is 1. The lowest BCUT2D eigenvalue weighted by atomic mass is 10.1. The number of carbonyl (C=O) groups is 1. The van der Waals surface area contributed by atoms with E-state index in [0.717, 1.165) is 16.5 Å². The molecule has 1 aromatic carbocycles. The van der Waals surface area contributed by atoms with Crippen molar-refractivity contribution in [2.45, 2.75) is 13.5 Å². The van der Waals surface area contributed by atoms with Gasteiger partial charge in [-0.1, -0.05) is 29.8 Å². The summed E-state index contributed by atoms with van der Waals surface area (Å²) < 4.78 is 1.68. The molecule has 0 aliphatic heterocycles. The summed E-state index contributed by atoms with van der Waals surface area (Å²) in [6.45, 7) is 5.86. The van der Waals surface area contributed by atoms with Crippen molar-refractivity contribution in [1.29, 1.82) is 0 Å². The number of aromatic carboxylic acids is 1. The van der Waals surface area contributed by atoms with E-state index in [0.29, 0.717) is 11.6 Å². The first-order valence-electron chi connectivity index (χ1n) is 5.19. The van der Waals surface area contributed by atoms with Crippen LogP contribution in [0.4, 0.5) is 0 Å². The van der Waals surface area contributed by atoms with E-state index in [9.17, 15) is 9.90 Å². The van der Waals surface area contributed by atoms with Crippen LogP contribution in [0.25, 0.3) is 10.9 Å². The molecule has 0 bridgehead atoms. The van der Waals surface area contributed by atoms with E-state index in [1.165, 1.54) is 0 Å². The quantitative estimate of drug-likeness (QED) is 0.846. The van der Waals surface area contributed by atoms with Crippen LogP contribution in [-0.2, 0) is 6.54 Å². The third-order valence-corrected chi connectivity index (χ3v) is 3.11. The standard InChI is InChI=1S/C13H12ClNO2/c1-3-7-15-11(13(16)17)8(2)9-5-4-6-10(14)12(9)15/h3-6H,1,7H2,2H3,(H,16,17). The van der Waals surface area contributed by atoms with E-state index in [1.807, 2.05) is 12.1 Å². The molecular formula is C13H12ClNO2. The first-order valence-corrected chi connectivity index (χ1v) is 5.57. The summed E-state index contributed by atoms with van der Waals surface area (Å²) in [5.74, 6) is -0.948. The lowest BCUT2D eigenvalue weighted by Gasteiger charge is -2.05. The van der Waals surface area contributed by atoms with Gasteiger partial charge in [0.1, 0.15) is 5.69 Å². The Morgan fingerprint density at radius 1 is 1.59 bits per heavy atom. The SMILES string of the molecule is C=CCn1c(C(=O)O)c(C)c2cccc(Cl)c21. The van der Waals surface area contributed by atoms with E-state index in [2.05, 4.69) is 6.58 Å². The van der Waals surface area contributed by atoms with Crippen molar-refractivity contribution in [2.75, 3.05) is 0 Å². The van der Waals surface area contributed by atoms with Gasteiger partial charge < -0.3 is 9.67 Å². The number of benzene rings is 1. The Morgan fingerprint density at radius 2 is 2.29 bits per heavy atom. The maximum atomic E-state index is 11.3. The fourth-order valence-corrected chi connectivity index (χ4v) is 2.40. The van der Waals surface area contributed by atoms with Gasteiger partial charge in [0.2, 0.25) is 0 Å². The molecule has 17 heavy (non-hydrogen) atoms. The largest absolute Gasteiger partial charge is 0.477 e. The Balaban J connectivity index is 2.93. The number of rotatable bonds is 3. The molecule has 2 rings (SSSR count). The van der Waals surface area contributed by atoms with Gasteiger partial charge in [-0.2, -0.15) is 0 Å². The van der Waals surface area contributed by atoms with Crippen LogP contribution in [0.1, 0.15) is 16.1 Å². The average Bonchev–Trinajstić information content (AvgIpc) is 2.54. The second-order valence-electron chi connectivity index (χ2n) is 3.81. The fourth-order valence-electron chi connectivity index (χ4n) is 2.12. The van der Waals surface area contributed by atoms with Crippen LogP contribution in [0.2, 0.25) is 5.02 Å². The zero-order valence-corrected chi connectivity index (χ0v) is 10.2. The van der Waals surface area contributed by atoms with Gasteiger partial charge in [-0.15, -0.1) is 6.58 Å². The highest BCUT2D eigenvalue weighted by atomic mass is 35.5. The molecule has 1 N–H and O–H groups in total. The van der Waals surface area contributed by atoms with Gasteiger partial charge in [-0.3, -0.25) is 0 Å². The minimum Gasteiger partial charge on any atom is -0.477 e. The zero-order valence-electron chi connectivity index (χ0n) is 9.40. The second-order valence-corrected chi connectivity index (χ2v) is 4.22. The molecule has 0 atom stereocenters. The summed E-state index contributed by atoms with van der Waals surface area (Å²) in [7, 11) is 0. The number of aryl methyl sites for hydroxylation is 1. The third kappa shape index (κ3) is 1.72. The Labute approximate surface area is 104 Å². The van der Waals surface area contributed by atoms with Gasteiger partial charge in [0.15, 0.2) is 0 Å². The van der Waals surface area contributed by atoms with Gasteiger partial charge in [0, 0.05) is 11.9 Å². The number of nitrogens with zero attached hydrogens (tertiary/aromatic N) is 1. The highest BCUT2D eigenvalue weighted by Gasteiger charge is 2.20. The van der Waals surface area contributed by atoms with Gasteiger partial charge >= 0.3 is 5.97 Å². The number of para-hydroxylation sites is 1. The topological polar surface area (TPSA) is 42.2 Å². The van der Waals surface area contributed by atoms with Crippen LogP contribution in [0, 0.1) is 6.92 Å². The van der Waals surface area contributed by atoms with Crippen molar-refractivity contribution < 1.29 is 9.90 Å². The van der Waals surface area contributed by atoms with Crippen molar-refractivity contribution in [3.63, 3.8) is 0 Å². The number of hydrogen-bond acceptors (Lipinski definition) is 1. The first-order chi connectivity index (χ1) is 8.07. The predicted molar refractivity (Wildman–Crippen MR) is 68.8 cm³/mol. The van der Waals surface area contributed by atoms with Gasteiger partial charge in [-0.25, -0.2) is 4.79 Å². The molecule has 0 fully saturated rings. The van der Waals surface area contributed by atoms with Crippen molar-refractivity contribution in [3.8, 4) is 0 Å². The molecule has 0 saturated carbocycles. The summed E-state index contributed by atoms with van der Waals surface area (Å²) in [5, 5.41) is 10.7. The summed E-state index contributed by atoms with van der Waals surface area (Å²) in [5.41, 5.74) is 1.76. The summed E-state index contributed by atoms with van der Waals surface area (Å²) >= 11 is 6.14. The van der Waals surface area contributed by atoms with E-state index in [-0.39, 0.29) is 5.69 Å². The van der Waals surface area contributed by atoms with Crippen LogP contribution < -0.4 is 0 Å². The maximum Gasteiger partial charge on any atom is 0.352 e. The molecule has 0 unspecified atom stereocenters. The zero-order chi connectivity index (χ0) is 12.6. The Hall–Kier alpha value is -1.74. The molecule has 4 heteroatoms. The molecule has 0 aliphatic carbocycles. The smallest absolute Gasteiger partial charge is 0.352 e. The second kappa shape index (κ2) is 4.26. The molecule has 2 aromatic rings. The highest BCUT2D eigenvalue weighted by molar-refractivity contribution is 6.35. The van der Waals surface area contributed by atoms with Gasteiger partial charge in [-0.05, 0) is 18.6 Å². The van der Waals surface area contributed by atoms with Gasteiger partial charge in [0.25, 0.3) is 0 Å². The van der Waals surface area contributed by atoms with E-state index >= 15 is 0 Å². The number of carboxylic acid groups (broad SMARTS) is 1. The molecule has 0 saturated heterocycles. The number of fused-ring (bicyclic) bond motifs is 1. The van der Waals surface area contributed by atoms with Crippen molar-refractivity contribution in [2.24, 2.45) is 0 Å². The summed E-state index contributed by atoms with van der Waals surface area (Å²) in [6.07, 6.45) is 1.66. The number of hydrogen-bond donors (Lipinski definition) is 1. The van der Waals surface area contributed by atoms with Crippen molar-refractivity contribution in [1.82, 2.24) is 4.57 Å². The van der Waals surface area contributed by atoms with E-state index in [1.54, 1.807) is 23.6 Å². The average molecular weight is 250 g/mol. The highest BCUT2D eigenvalue weighted by Crippen LogP contribution is 2.31. The minimum absolute atomic E-state index is 0.271. The summed E-state index contributed by atoms with van der Waals surface area (Å²) in [6, 6.07) is 5.46. The van der Waals surface area contributed by atoms with Crippen LogP contribution in [-0.4, -0.2) is 15.6 Å². The third-order valence-electron chi connectivity index (χ3n) is 2.80. The molecule has 0 radical (unpaired) electrons. The lowest BCUT2D eigenvalue weighted by molar-refractivity contribution is 0.0685. The minimum atomic E-state index is -0.948. The van der Waals surface area contributed by atoms with Crippen LogP contribution in [0.5, 0.6) is 0 Å². The number of halogens is 1. The molecule has 0 amide bonds. The normalized spacial score (nSPS) is 10.7. The van der Waals surface area contributed by atoms with Crippen LogP contribution >= 0.6 is 11.6 Å². The summed E-state index contributed by atoms with van der Waals surface area (Å²) in [4.78, 5) is 11.3. The van der Waals surface area contributed by atoms with Crippen molar-refractivity contribution in [3.05, 3.63) is 47.1 Å². The Morgan fingerprint density at radius 3 is 2.88 bits per heavy atom. The first kappa shape index (κ1) is 11.7. The molecule has 88 valence electrons. The molecule has 1 heterocycles. The lowest BCUT2D eigenvalue weighted by Crippen LogP contribution is -2.08. The molecule has 3 nitrogen and oxygen atoms in total. The molecule has 1 aromatic heterocycles. The van der Waals surface area contributed by atoms with E-state index < -0.39 is 5.97 Å². The predicted octanol–water partition coefficient (Wildman–Crippen LogP) is 3.49. The van der Waals surface area contributed by atoms with E-state index in [4.69, 9.17) is 11.6 Å². The number of aromatic nitrogens is 1. The monoisotopic (exact) mass is 249 g/mol. The maximum absolute atomic E-state index is 11.3. The Bertz CT molecular complexity index is 613. The van der Waals surface area contributed by atoms with Gasteiger partial charge in [0.05, 0.1) is 10.5 Å². The van der Waals surface area contributed by atoms with Crippen LogP contribution in [0.15, 0.2) is 30.9 Å². The molecule has 0 aliphatic rings. The van der Waals surface area contributed by atoms with Crippen LogP contribution in [0.3, 0.4) is 0 Å². The molecular weight excluding hydrogens is 238 g/mol. The molecule has 0 spiro atoms. The van der Waals surface area contributed by atoms with Crippen molar-refractivity contribution >= 4 is 28.5 Å². The number of allylic oxidation sites excluding steroid dienone is 1. The fraction of sp³-hybridized carbons (Fsp3) is 0.154.